The van der Waals surface area contributed by atoms with Crippen LogP contribution in [0.2, 0.25) is 0 Å². The van der Waals surface area contributed by atoms with Crippen LogP contribution in [0.3, 0.4) is 0 Å². The summed E-state index contributed by atoms with van der Waals surface area (Å²) in [6.07, 6.45) is 19.7. The van der Waals surface area contributed by atoms with Crippen molar-refractivity contribution >= 4 is 77.3 Å². The van der Waals surface area contributed by atoms with Crippen molar-refractivity contribution in [2.45, 2.75) is 158 Å². The summed E-state index contributed by atoms with van der Waals surface area (Å²) in [5, 5.41) is 34.6. The standard InChI is InChI=1S/C55H72N4O13S3.2Na/c1-6-8-10-11-12-13-14-15-16-17-18-19-20-22-39-23-21-24-43(32-39)72-55(4,5)54(63)57-45-36-48(49(37-47(45)61)73-31-9-7-2)71-30-29-70-42-27-25-41(26-28-42)58-59-52-50(75(67,68)69)34-40-33-44(74(64,65)66)35-46(56-38(3)60)51(40)53(52)62;;/h21,23-28,32-37,61-62H,6-20,22,29-31H2,1-5H3,(H,56,60)(H,57,63)(H,64,65,66)(H,67,68,69);;/q;2*+1/p-2. The number of nitrogens with zero attached hydrogens (tertiary/aromatic N) is 2. The predicted molar refractivity (Wildman–Crippen MR) is 290 cm³/mol. The van der Waals surface area contributed by atoms with Crippen LogP contribution in [-0.2, 0) is 36.2 Å². The monoisotopic (exact) mass is 1140 g/mol. The number of hydrogen-bond donors (Lipinski definition) is 4. The number of phenols is 2. The van der Waals surface area contributed by atoms with Gasteiger partial charge in [0.1, 0.15) is 62.1 Å². The molecule has 5 aromatic rings. The molecular weight excluding hydrogens is 1070 g/mol. The molecule has 0 spiro atoms. The van der Waals surface area contributed by atoms with Crippen LogP contribution in [0.4, 0.5) is 22.7 Å². The summed E-state index contributed by atoms with van der Waals surface area (Å²) in [5.41, 5.74) is -1.04. The van der Waals surface area contributed by atoms with Gasteiger partial charge >= 0.3 is 59.1 Å². The Bertz CT molecular complexity index is 2980. The van der Waals surface area contributed by atoms with Gasteiger partial charge < -0.3 is 44.2 Å². The van der Waals surface area contributed by atoms with E-state index in [1.807, 2.05) is 18.2 Å². The number of azo groups is 1. The summed E-state index contributed by atoms with van der Waals surface area (Å²) < 4.78 is 90.7. The summed E-state index contributed by atoms with van der Waals surface area (Å²) in [6.45, 7) is 8.86. The average molecular weight is 1140 g/mol. The molecule has 2 amide bonds. The number of phenolic OH excluding ortho intramolecular Hbond substituents is 2. The molecule has 0 aliphatic carbocycles. The molecule has 17 nitrogen and oxygen atoms in total. The second-order valence-corrected chi connectivity index (χ2v) is 22.7. The number of unbranched alkanes of at least 4 members (excludes halogenated alkanes) is 13. The Morgan fingerprint density at radius 2 is 1.29 bits per heavy atom. The number of benzene rings is 5. The normalized spacial score (nSPS) is 11.7. The van der Waals surface area contributed by atoms with E-state index in [9.17, 15) is 45.7 Å². The number of amides is 2. The first kappa shape index (κ1) is 67.3. The summed E-state index contributed by atoms with van der Waals surface area (Å²) in [6, 6.07) is 19.2. The quantitative estimate of drug-likeness (QED) is 0.00828. The topological polar surface area (TPSA) is 265 Å². The van der Waals surface area contributed by atoms with Gasteiger partial charge in [0.15, 0.2) is 11.4 Å². The SMILES string of the molecule is CCCCCCCCCCCCCCCc1cccc(OC(C)(C)C(=O)Nc2cc(OCCOc3ccc(N=Nc4c(S(=O)(=O)[O-])cc5cc(S(=O)(=O)[O-])cc(NC(C)=O)c5c4O)cc3)c(SCCCC)cc2O)c1.[Na+].[Na+]. The molecule has 0 saturated carbocycles. The van der Waals surface area contributed by atoms with Gasteiger partial charge in [0, 0.05) is 18.4 Å². The molecule has 0 aliphatic heterocycles. The Kier molecular flexibility index (Phi) is 28.8. The van der Waals surface area contributed by atoms with Crippen LogP contribution in [0.1, 0.15) is 136 Å². The third-order valence-electron chi connectivity index (χ3n) is 12.2. The van der Waals surface area contributed by atoms with Gasteiger partial charge in [-0.1, -0.05) is 109 Å². The number of thioether (sulfide) groups is 1. The molecule has 22 heteroatoms. The molecular formula is C55H70N4Na2O13S3. The summed E-state index contributed by atoms with van der Waals surface area (Å²) in [4.78, 5) is 24.4. The zero-order valence-electron chi connectivity index (χ0n) is 45.4. The maximum Gasteiger partial charge on any atom is 1.00 e. The Hall–Kier alpha value is -3.93. The van der Waals surface area contributed by atoms with E-state index in [0.717, 1.165) is 62.1 Å². The van der Waals surface area contributed by atoms with E-state index in [1.54, 1.807) is 26.0 Å². The van der Waals surface area contributed by atoms with Crippen molar-refractivity contribution in [3.63, 3.8) is 0 Å². The number of aromatic hydroxyl groups is 2. The molecule has 77 heavy (non-hydrogen) atoms. The van der Waals surface area contributed by atoms with Crippen molar-refractivity contribution in [3.05, 3.63) is 84.4 Å². The van der Waals surface area contributed by atoms with E-state index in [1.165, 1.54) is 113 Å². The Labute approximate surface area is 502 Å². The van der Waals surface area contributed by atoms with Gasteiger partial charge in [-0.05, 0) is 110 Å². The van der Waals surface area contributed by atoms with Crippen LogP contribution in [0.15, 0.2) is 104 Å². The number of carbonyl (C=O) groups is 2. The van der Waals surface area contributed by atoms with E-state index >= 15 is 0 Å². The zero-order chi connectivity index (χ0) is 54.6. The molecule has 0 bridgehead atoms. The molecule has 0 aromatic heterocycles. The number of aryl methyl sites for hydroxylation is 1. The number of anilines is 2. The van der Waals surface area contributed by atoms with Gasteiger partial charge in [0.05, 0.1) is 31.7 Å². The van der Waals surface area contributed by atoms with Gasteiger partial charge in [-0.15, -0.1) is 16.9 Å². The molecule has 0 heterocycles. The molecule has 0 atom stereocenters. The van der Waals surface area contributed by atoms with Crippen molar-refractivity contribution in [1.82, 2.24) is 0 Å². The second kappa shape index (κ2) is 33.0. The van der Waals surface area contributed by atoms with E-state index in [-0.39, 0.29) is 106 Å². The Morgan fingerprint density at radius 3 is 1.88 bits per heavy atom. The van der Waals surface area contributed by atoms with Crippen molar-refractivity contribution < 1.29 is 119 Å². The maximum absolute atomic E-state index is 13.7. The number of carbonyl (C=O) groups excluding carboxylic acids is 2. The smallest absolute Gasteiger partial charge is 0.744 e. The average Bonchev–Trinajstić information content (AvgIpc) is 3.34. The fourth-order valence-corrected chi connectivity index (χ4v) is 10.4. The minimum atomic E-state index is -5.37. The van der Waals surface area contributed by atoms with E-state index < -0.39 is 58.9 Å². The van der Waals surface area contributed by atoms with Gasteiger partial charge in [0.25, 0.3) is 5.91 Å². The third kappa shape index (κ3) is 21.9. The van der Waals surface area contributed by atoms with Crippen LogP contribution in [0.25, 0.3) is 10.8 Å². The van der Waals surface area contributed by atoms with Crippen molar-refractivity contribution in [1.29, 1.82) is 0 Å². The number of fused-ring (bicyclic) bond motifs is 1. The largest absolute Gasteiger partial charge is 1.00 e. The molecule has 5 rings (SSSR count). The number of rotatable bonds is 32. The van der Waals surface area contributed by atoms with Gasteiger partial charge in [-0.25, -0.2) is 16.8 Å². The number of nitrogens with one attached hydrogen (secondary N) is 2. The molecule has 5 aromatic carbocycles. The summed E-state index contributed by atoms with van der Waals surface area (Å²) >= 11 is 1.50. The van der Waals surface area contributed by atoms with E-state index in [0.29, 0.717) is 22.1 Å². The van der Waals surface area contributed by atoms with Gasteiger partial charge in [0.2, 0.25) is 5.91 Å². The summed E-state index contributed by atoms with van der Waals surface area (Å²) in [7, 11) is -10.5. The Morgan fingerprint density at radius 1 is 0.675 bits per heavy atom. The van der Waals surface area contributed by atoms with Crippen LogP contribution in [-0.4, -0.2) is 72.5 Å². The summed E-state index contributed by atoms with van der Waals surface area (Å²) in [5.74, 6) is -0.120. The molecule has 0 fully saturated rings. The fourth-order valence-electron chi connectivity index (χ4n) is 8.13. The zero-order valence-corrected chi connectivity index (χ0v) is 51.9. The fraction of sp³-hybridized carbons (Fsp3) is 0.455. The van der Waals surface area contributed by atoms with Gasteiger partial charge in [-0.3, -0.25) is 9.59 Å². The second-order valence-electron chi connectivity index (χ2n) is 18.8. The predicted octanol–water partition coefficient (Wildman–Crippen LogP) is 7.22. The van der Waals surface area contributed by atoms with Crippen LogP contribution >= 0.6 is 11.8 Å². The molecule has 0 saturated heterocycles. The molecule has 0 aliphatic rings. The first-order valence-electron chi connectivity index (χ1n) is 25.6. The maximum atomic E-state index is 13.7. The van der Waals surface area contributed by atoms with Crippen LogP contribution in [0, 0.1) is 0 Å². The van der Waals surface area contributed by atoms with E-state index in [2.05, 4.69) is 40.8 Å². The molecule has 0 radical (unpaired) electrons. The first-order chi connectivity index (χ1) is 35.7. The number of hydrogen-bond acceptors (Lipinski definition) is 16. The first-order valence-corrected chi connectivity index (χ1v) is 29.4. The molecule has 408 valence electrons. The van der Waals surface area contributed by atoms with Crippen molar-refractivity contribution in [3.8, 4) is 28.7 Å². The van der Waals surface area contributed by atoms with Crippen LogP contribution in [0.5, 0.6) is 28.7 Å². The Balaban J connectivity index is 0.00000780. The van der Waals surface area contributed by atoms with E-state index in [4.69, 9.17) is 14.2 Å². The van der Waals surface area contributed by atoms with Crippen molar-refractivity contribution in [2.24, 2.45) is 10.2 Å². The minimum absolute atomic E-state index is 0. The molecule has 0 unspecified atom stereocenters. The third-order valence-corrected chi connectivity index (χ3v) is 14.9. The number of ether oxygens (including phenoxy) is 3. The molecule has 4 N–H and O–H groups in total. The van der Waals surface area contributed by atoms with Crippen LogP contribution < -0.4 is 84.0 Å². The van der Waals surface area contributed by atoms with Crippen molar-refractivity contribution in [2.75, 3.05) is 29.6 Å². The minimum Gasteiger partial charge on any atom is -0.744 e. The van der Waals surface area contributed by atoms with Gasteiger partial charge in [-0.2, -0.15) is 5.11 Å².